The molecule has 0 bridgehead atoms. The first-order valence-electron chi connectivity index (χ1n) is 8.23. The van der Waals surface area contributed by atoms with Crippen LogP contribution in [0.25, 0.3) is 6.08 Å². The van der Waals surface area contributed by atoms with E-state index in [4.69, 9.17) is 4.74 Å². The summed E-state index contributed by atoms with van der Waals surface area (Å²) >= 11 is 0. The highest BCUT2D eigenvalue weighted by Crippen LogP contribution is 2.28. The predicted molar refractivity (Wildman–Crippen MR) is 96.5 cm³/mol. The highest BCUT2D eigenvalue weighted by molar-refractivity contribution is 5.99. The van der Waals surface area contributed by atoms with E-state index in [1.165, 1.54) is 6.08 Å². The van der Waals surface area contributed by atoms with Crippen LogP contribution in [0.3, 0.4) is 0 Å². The number of aryl methyl sites for hydroxylation is 1. The van der Waals surface area contributed by atoms with Gasteiger partial charge in [-0.05, 0) is 44.0 Å². The molecular weight excluding hydrogens is 353 g/mol. The van der Waals surface area contributed by atoms with Gasteiger partial charge in [-0.3, -0.25) is 10.1 Å². The number of nitro benzene ring substituents is 1. The van der Waals surface area contributed by atoms with Crippen LogP contribution in [0.15, 0.2) is 29.8 Å². The first-order chi connectivity index (χ1) is 12.8. The fraction of sp³-hybridized carbons (Fsp3) is 0.263. The molecule has 0 saturated heterocycles. The lowest BCUT2D eigenvalue weighted by atomic mass is 10.1. The van der Waals surface area contributed by atoms with E-state index in [9.17, 15) is 24.6 Å². The van der Waals surface area contributed by atoms with Crippen molar-refractivity contribution >= 4 is 17.7 Å². The van der Waals surface area contributed by atoms with E-state index < -0.39 is 28.1 Å². The van der Waals surface area contributed by atoms with Gasteiger partial charge in [-0.25, -0.2) is 9.18 Å². The number of ether oxygens (including phenoxy) is 1. The molecule has 7 nitrogen and oxygen atoms in total. The summed E-state index contributed by atoms with van der Waals surface area (Å²) in [6.07, 6.45) is 2.29. The topological polar surface area (TPSA) is 98.2 Å². The molecule has 0 amide bonds. The van der Waals surface area contributed by atoms with Gasteiger partial charge < -0.3 is 9.30 Å². The van der Waals surface area contributed by atoms with Crippen molar-refractivity contribution < 1.29 is 18.8 Å². The Labute approximate surface area is 155 Å². The summed E-state index contributed by atoms with van der Waals surface area (Å²) in [5.41, 5.74) is 1.62. The van der Waals surface area contributed by atoms with Crippen LogP contribution < -0.4 is 4.74 Å². The molecule has 0 atom stereocenters. The molecule has 0 aliphatic carbocycles. The Balaban J connectivity index is 2.37. The Kier molecular flexibility index (Phi) is 6.08. The normalized spacial score (nSPS) is 11.1. The van der Waals surface area contributed by atoms with Gasteiger partial charge in [0.05, 0.1) is 4.92 Å². The third-order valence-corrected chi connectivity index (χ3v) is 4.02. The number of benzene rings is 1. The smallest absolute Gasteiger partial charge is 0.354 e. The lowest BCUT2D eigenvalue weighted by molar-refractivity contribution is -0.385. The van der Waals surface area contributed by atoms with E-state index in [0.29, 0.717) is 5.56 Å². The molecule has 2 rings (SSSR count). The highest BCUT2D eigenvalue weighted by Gasteiger charge is 2.21. The number of nitrogens with zero attached hydrogens (tertiary/aromatic N) is 3. The minimum absolute atomic E-state index is 0.342. The number of hydrogen-bond acceptors (Lipinski definition) is 5. The molecule has 140 valence electrons. The van der Waals surface area contributed by atoms with Gasteiger partial charge in [-0.1, -0.05) is 6.92 Å². The minimum atomic E-state index is -1.09. The second kappa shape index (κ2) is 8.27. The van der Waals surface area contributed by atoms with E-state index in [1.807, 2.05) is 26.8 Å². The number of hydrogen-bond donors (Lipinski definition) is 0. The number of aromatic nitrogens is 1. The minimum Gasteiger partial charge on any atom is -0.415 e. The molecule has 0 aliphatic rings. The molecular formula is C19H18FN3O4. The van der Waals surface area contributed by atoms with Gasteiger partial charge in [0.2, 0.25) is 5.75 Å². The van der Waals surface area contributed by atoms with Gasteiger partial charge in [0, 0.05) is 30.1 Å². The molecule has 1 aromatic heterocycles. The van der Waals surface area contributed by atoms with Crippen LogP contribution in [-0.2, 0) is 11.3 Å². The molecule has 8 heteroatoms. The lowest BCUT2D eigenvalue weighted by Crippen LogP contribution is -2.11. The van der Waals surface area contributed by atoms with Crippen LogP contribution in [0, 0.1) is 41.1 Å². The van der Waals surface area contributed by atoms with E-state index in [2.05, 4.69) is 4.57 Å². The van der Waals surface area contributed by atoms with E-state index in [1.54, 1.807) is 6.07 Å². The number of esters is 1. The summed E-state index contributed by atoms with van der Waals surface area (Å²) in [6, 6.07) is 6.09. The Hall–Kier alpha value is -3.47. The van der Waals surface area contributed by atoms with Crippen molar-refractivity contribution in [2.45, 2.75) is 33.7 Å². The van der Waals surface area contributed by atoms with Crippen molar-refractivity contribution in [3.63, 3.8) is 0 Å². The molecule has 0 fully saturated rings. The summed E-state index contributed by atoms with van der Waals surface area (Å²) in [6.45, 7) is 6.62. The largest absolute Gasteiger partial charge is 0.415 e. The van der Waals surface area contributed by atoms with Crippen molar-refractivity contribution in [2.24, 2.45) is 0 Å². The molecule has 0 spiro atoms. The van der Waals surface area contributed by atoms with Crippen LogP contribution in [0.2, 0.25) is 0 Å². The van der Waals surface area contributed by atoms with Crippen molar-refractivity contribution in [1.29, 1.82) is 5.26 Å². The van der Waals surface area contributed by atoms with Crippen molar-refractivity contribution in [2.75, 3.05) is 0 Å². The first kappa shape index (κ1) is 19.8. The van der Waals surface area contributed by atoms with Gasteiger partial charge in [0.15, 0.2) is 0 Å². The summed E-state index contributed by atoms with van der Waals surface area (Å²) in [7, 11) is 0. The Morgan fingerprint density at radius 3 is 2.70 bits per heavy atom. The summed E-state index contributed by atoms with van der Waals surface area (Å²) in [4.78, 5) is 22.5. The zero-order valence-electron chi connectivity index (χ0n) is 15.2. The van der Waals surface area contributed by atoms with Gasteiger partial charge in [0.1, 0.15) is 17.5 Å². The third kappa shape index (κ3) is 4.39. The number of carbonyl (C=O) groups is 1. The van der Waals surface area contributed by atoms with Gasteiger partial charge in [0.25, 0.3) is 0 Å². The number of halogens is 1. The predicted octanol–water partition coefficient (Wildman–Crippen LogP) is 4.07. The van der Waals surface area contributed by atoms with Gasteiger partial charge >= 0.3 is 11.7 Å². The van der Waals surface area contributed by atoms with Gasteiger partial charge in [-0.2, -0.15) is 5.26 Å². The molecule has 1 heterocycles. The Bertz CT molecular complexity index is 970. The molecule has 2 aromatic rings. The maximum absolute atomic E-state index is 13.4. The molecule has 27 heavy (non-hydrogen) atoms. The third-order valence-electron chi connectivity index (χ3n) is 4.02. The standard InChI is InChI=1S/C19H18FN3O4/c1-4-7-22-12(2)8-14(13(22)3)9-15(11-21)19(24)27-18-10-16(20)5-6-17(18)23(25)26/h5-6,8-10H,4,7H2,1-3H3. The fourth-order valence-electron chi connectivity index (χ4n) is 2.71. The summed E-state index contributed by atoms with van der Waals surface area (Å²) < 4.78 is 20.3. The van der Waals surface area contributed by atoms with E-state index >= 15 is 0 Å². The van der Waals surface area contributed by atoms with Crippen LogP contribution in [0.4, 0.5) is 10.1 Å². The maximum Gasteiger partial charge on any atom is 0.354 e. The average molecular weight is 371 g/mol. The van der Waals surface area contributed by atoms with Crippen molar-refractivity contribution in [1.82, 2.24) is 4.57 Å². The molecule has 0 aliphatic heterocycles. The fourth-order valence-corrected chi connectivity index (χ4v) is 2.71. The Morgan fingerprint density at radius 1 is 1.41 bits per heavy atom. The zero-order valence-corrected chi connectivity index (χ0v) is 15.2. The highest BCUT2D eigenvalue weighted by atomic mass is 19.1. The SMILES string of the molecule is CCCn1c(C)cc(C=C(C#N)C(=O)Oc2cc(F)ccc2[N+](=O)[O-])c1C. The average Bonchev–Trinajstić information content (AvgIpc) is 2.87. The second-order valence-corrected chi connectivity index (χ2v) is 5.91. The first-order valence-corrected chi connectivity index (χ1v) is 8.23. The Morgan fingerprint density at radius 2 is 2.11 bits per heavy atom. The zero-order chi connectivity index (χ0) is 20.1. The lowest BCUT2D eigenvalue weighted by Gasteiger charge is -2.07. The molecule has 0 saturated carbocycles. The molecule has 0 N–H and O–H groups in total. The van der Waals surface area contributed by atoms with Gasteiger partial charge in [-0.15, -0.1) is 0 Å². The number of rotatable bonds is 6. The van der Waals surface area contributed by atoms with E-state index in [0.717, 1.165) is 42.6 Å². The number of carbonyl (C=O) groups excluding carboxylic acids is 1. The molecule has 0 unspecified atom stereocenters. The molecule has 0 radical (unpaired) electrons. The number of nitriles is 1. The second-order valence-electron chi connectivity index (χ2n) is 5.91. The van der Waals surface area contributed by atoms with Crippen LogP contribution in [0.5, 0.6) is 5.75 Å². The monoisotopic (exact) mass is 371 g/mol. The molecule has 1 aromatic carbocycles. The van der Waals surface area contributed by atoms with Crippen molar-refractivity contribution in [3.05, 3.63) is 62.7 Å². The quantitative estimate of drug-likeness (QED) is 0.190. The maximum atomic E-state index is 13.4. The summed E-state index contributed by atoms with van der Waals surface area (Å²) in [5, 5.41) is 20.3. The summed E-state index contributed by atoms with van der Waals surface area (Å²) in [5.74, 6) is -2.44. The van der Waals surface area contributed by atoms with Crippen molar-refractivity contribution in [3.8, 4) is 11.8 Å². The van der Waals surface area contributed by atoms with Crippen LogP contribution in [0.1, 0.15) is 30.3 Å². The van der Waals surface area contributed by atoms with E-state index in [-0.39, 0.29) is 5.57 Å². The van der Waals surface area contributed by atoms with Crippen LogP contribution in [-0.4, -0.2) is 15.5 Å². The number of nitro groups is 1. The van der Waals surface area contributed by atoms with Crippen LogP contribution >= 0.6 is 0 Å².